The van der Waals surface area contributed by atoms with Crippen LogP contribution in [0.2, 0.25) is 0 Å². The van der Waals surface area contributed by atoms with Crippen molar-refractivity contribution in [1.29, 1.82) is 0 Å². The number of hydrogen-bond donors (Lipinski definition) is 2. The van der Waals surface area contributed by atoms with Crippen LogP contribution in [0.1, 0.15) is 12.0 Å². The summed E-state index contributed by atoms with van der Waals surface area (Å²) in [6.07, 6.45) is 5.19. The number of nitrogens with two attached hydrogens (primary N) is 1. The average molecular weight is 205 g/mol. The number of aromatic nitrogens is 1. The Labute approximate surface area is 88.9 Å². The van der Waals surface area contributed by atoms with Crippen LogP contribution in [0.15, 0.2) is 24.5 Å². The second kappa shape index (κ2) is 4.40. The molecule has 80 valence electrons. The molecule has 0 saturated heterocycles. The molecule has 2 rings (SSSR count). The molecule has 0 spiro atoms. The van der Waals surface area contributed by atoms with E-state index in [4.69, 9.17) is 5.73 Å². The van der Waals surface area contributed by atoms with Crippen molar-refractivity contribution in [3.63, 3.8) is 0 Å². The Morgan fingerprint density at radius 1 is 1.53 bits per heavy atom. The third kappa shape index (κ3) is 2.76. The van der Waals surface area contributed by atoms with E-state index in [9.17, 15) is 4.79 Å². The molecule has 1 aliphatic carbocycles. The van der Waals surface area contributed by atoms with Gasteiger partial charge >= 0.3 is 0 Å². The van der Waals surface area contributed by atoms with E-state index in [1.165, 1.54) is 5.56 Å². The largest absolute Gasteiger partial charge is 0.355 e. The number of carbonyl (C=O) groups excluding carboxylic acids is 1. The predicted octanol–water partition coefficient (Wildman–Crippen LogP) is 0.0875. The van der Waals surface area contributed by atoms with Crippen LogP contribution in [0.5, 0.6) is 0 Å². The molecule has 0 bridgehead atoms. The zero-order valence-electron chi connectivity index (χ0n) is 8.52. The lowest BCUT2D eigenvalue weighted by molar-refractivity contribution is -0.122. The minimum absolute atomic E-state index is 0.0578. The Kier molecular flexibility index (Phi) is 2.97. The van der Waals surface area contributed by atoms with Crippen LogP contribution in [0, 0.1) is 5.92 Å². The van der Waals surface area contributed by atoms with Crippen molar-refractivity contribution in [2.24, 2.45) is 11.7 Å². The lowest BCUT2D eigenvalue weighted by Gasteiger charge is -2.03. The van der Waals surface area contributed by atoms with Gasteiger partial charge in [-0.1, -0.05) is 0 Å². The van der Waals surface area contributed by atoms with Crippen molar-refractivity contribution in [3.05, 3.63) is 30.1 Å². The van der Waals surface area contributed by atoms with E-state index in [1.807, 2.05) is 12.1 Å². The van der Waals surface area contributed by atoms with Gasteiger partial charge in [0.05, 0.1) is 5.92 Å². The highest BCUT2D eigenvalue weighted by Crippen LogP contribution is 2.27. The Balaban J connectivity index is 1.69. The minimum atomic E-state index is 0.0578. The van der Waals surface area contributed by atoms with E-state index >= 15 is 0 Å². The number of hydrogen-bond acceptors (Lipinski definition) is 3. The van der Waals surface area contributed by atoms with E-state index in [1.54, 1.807) is 12.4 Å². The fraction of sp³-hybridized carbons (Fsp3) is 0.455. The van der Waals surface area contributed by atoms with Gasteiger partial charge in [-0.15, -0.1) is 0 Å². The van der Waals surface area contributed by atoms with Gasteiger partial charge < -0.3 is 11.1 Å². The Bertz CT molecular complexity index is 339. The number of carbonyl (C=O) groups is 1. The van der Waals surface area contributed by atoms with Crippen LogP contribution in [-0.2, 0) is 11.2 Å². The molecule has 1 heterocycles. The zero-order chi connectivity index (χ0) is 10.7. The third-order valence-electron chi connectivity index (χ3n) is 2.64. The number of rotatable bonds is 4. The molecule has 1 aliphatic rings. The fourth-order valence-corrected chi connectivity index (χ4v) is 1.53. The minimum Gasteiger partial charge on any atom is -0.355 e. The maximum absolute atomic E-state index is 11.4. The summed E-state index contributed by atoms with van der Waals surface area (Å²) in [5.41, 5.74) is 6.77. The highest BCUT2D eigenvalue weighted by atomic mass is 16.2. The Hall–Kier alpha value is -1.42. The summed E-state index contributed by atoms with van der Waals surface area (Å²) in [7, 11) is 0. The van der Waals surface area contributed by atoms with Gasteiger partial charge in [-0.3, -0.25) is 9.78 Å². The normalized spacial score (nSPS) is 23.5. The molecule has 3 N–H and O–H groups in total. The molecular formula is C11H15N3O. The summed E-state index contributed by atoms with van der Waals surface area (Å²) < 4.78 is 0. The van der Waals surface area contributed by atoms with Gasteiger partial charge in [-0.25, -0.2) is 0 Å². The van der Waals surface area contributed by atoms with Crippen LogP contribution < -0.4 is 11.1 Å². The summed E-state index contributed by atoms with van der Waals surface area (Å²) in [5.74, 6) is 0.152. The lowest BCUT2D eigenvalue weighted by atomic mass is 10.2. The molecule has 4 nitrogen and oxygen atoms in total. The zero-order valence-corrected chi connectivity index (χ0v) is 8.52. The van der Waals surface area contributed by atoms with E-state index in [0.717, 1.165) is 12.8 Å². The van der Waals surface area contributed by atoms with Gasteiger partial charge in [0.2, 0.25) is 5.91 Å². The number of nitrogens with one attached hydrogen (secondary N) is 1. The second-order valence-corrected chi connectivity index (χ2v) is 3.90. The van der Waals surface area contributed by atoms with Crippen LogP contribution >= 0.6 is 0 Å². The summed E-state index contributed by atoms with van der Waals surface area (Å²) in [6, 6.07) is 4.00. The topological polar surface area (TPSA) is 68.0 Å². The smallest absolute Gasteiger partial charge is 0.224 e. The van der Waals surface area contributed by atoms with Crippen molar-refractivity contribution >= 4 is 5.91 Å². The van der Waals surface area contributed by atoms with Crippen molar-refractivity contribution in [2.75, 3.05) is 6.54 Å². The first-order chi connectivity index (χ1) is 7.27. The SMILES string of the molecule is NC1CC1C(=O)NCCc1ccncc1. The molecule has 4 heteroatoms. The first-order valence-corrected chi connectivity index (χ1v) is 5.19. The predicted molar refractivity (Wildman–Crippen MR) is 57.0 cm³/mol. The molecule has 1 fully saturated rings. The van der Waals surface area contributed by atoms with Crippen molar-refractivity contribution in [3.8, 4) is 0 Å². The van der Waals surface area contributed by atoms with E-state index in [-0.39, 0.29) is 17.9 Å². The lowest BCUT2D eigenvalue weighted by Crippen LogP contribution is -2.29. The quantitative estimate of drug-likeness (QED) is 0.732. The van der Waals surface area contributed by atoms with Gasteiger partial charge in [0.1, 0.15) is 0 Å². The van der Waals surface area contributed by atoms with Gasteiger partial charge in [0, 0.05) is 25.0 Å². The standard InChI is InChI=1S/C11H15N3O/c12-10-7-9(10)11(15)14-6-3-8-1-4-13-5-2-8/h1-2,4-5,9-10H,3,6-7,12H2,(H,14,15). The third-order valence-corrected chi connectivity index (χ3v) is 2.64. The molecule has 0 aromatic carbocycles. The molecule has 1 saturated carbocycles. The molecule has 0 aliphatic heterocycles. The maximum atomic E-state index is 11.4. The summed E-state index contributed by atoms with van der Waals surface area (Å²) >= 11 is 0. The monoisotopic (exact) mass is 205 g/mol. The summed E-state index contributed by atoms with van der Waals surface area (Å²) in [6.45, 7) is 0.673. The molecular weight excluding hydrogens is 190 g/mol. The van der Waals surface area contributed by atoms with E-state index in [2.05, 4.69) is 10.3 Å². The number of nitrogens with zero attached hydrogens (tertiary/aromatic N) is 1. The average Bonchev–Trinajstić information content (AvgIpc) is 2.97. The van der Waals surface area contributed by atoms with Gasteiger partial charge in [0.15, 0.2) is 0 Å². The number of pyridine rings is 1. The van der Waals surface area contributed by atoms with Gasteiger partial charge in [0.25, 0.3) is 0 Å². The Morgan fingerprint density at radius 2 is 2.20 bits per heavy atom. The molecule has 2 atom stereocenters. The summed E-state index contributed by atoms with van der Waals surface area (Å²) in [4.78, 5) is 15.3. The van der Waals surface area contributed by atoms with Crippen LogP contribution in [0.3, 0.4) is 0 Å². The van der Waals surface area contributed by atoms with Gasteiger partial charge in [-0.05, 0) is 30.5 Å². The molecule has 1 aromatic rings. The van der Waals surface area contributed by atoms with Crippen LogP contribution in [0.25, 0.3) is 0 Å². The summed E-state index contributed by atoms with van der Waals surface area (Å²) in [5, 5.41) is 2.88. The highest BCUT2D eigenvalue weighted by Gasteiger charge is 2.39. The molecule has 2 unspecified atom stereocenters. The first-order valence-electron chi connectivity index (χ1n) is 5.19. The van der Waals surface area contributed by atoms with Crippen molar-refractivity contribution < 1.29 is 4.79 Å². The van der Waals surface area contributed by atoms with Crippen LogP contribution in [-0.4, -0.2) is 23.5 Å². The molecule has 1 aromatic heterocycles. The maximum Gasteiger partial charge on any atom is 0.224 e. The molecule has 15 heavy (non-hydrogen) atoms. The van der Waals surface area contributed by atoms with Gasteiger partial charge in [-0.2, -0.15) is 0 Å². The van der Waals surface area contributed by atoms with Crippen molar-refractivity contribution in [1.82, 2.24) is 10.3 Å². The number of amides is 1. The van der Waals surface area contributed by atoms with E-state index in [0.29, 0.717) is 6.54 Å². The fourth-order valence-electron chi connectivity index (χ4n) is 1.53. The highest BCUT2D eigenvalue weighted by molar-refractivity contribution is 5.82. The van der Waals surface area contributed by atoms with Crippen LogP contribution in [0.4, 0.5) is 0 Å². The van der Waals surface area contributed by atoms with E-state index < -0.39 is 0 Å². The Morgan fingerprint density at radius 3 is 2.80 bits per heavy atom. The van der Waals surface area contributed by atoms with Crippen molar-refractivity contribution in [2.45, 2.75) is 18.9 Å². The molecule has 0 radical (unpaired) electrons. The first kappa shape index (κ1) is 10.1. The molecule has 1 amide bonds. The second-order valence-electron chi connectivity index (χ2n) is 3.90.